The van der Waals surface area contributed by atoms with E-state index in [0.29, 0.717) is 12.1 Å². The molecule has 2 fully saturated rings. The summed E-state index contributed by atoms with van der Waals surface area (Å²) in [6, 6.07) is 0. The molecule has 0 bridgehead atoms. The highest BCUT2D eigenvalue weighted by molar-refractivity contribution is 5.94. The van der Waals surface area contributed by atoms with E-state index in [0.717, 1.165) is 55.7 Å². The summed E-state index contributed by atoms with van der Waals surface area (Å²) < 4.78 is 5.12. The molecular formula is C22H30N4O3. The first-order valence-corrected chi connectivity index (χ1v) is 10.4. The molecule has 1 saturated carbocycles. The number of aromatic nitrogens is 2. The fourth-order valence-corrected chi connectivity index (χ4v) is 4.87. The Morgan fingerprint density at radius 3 is 2.41 bits per heavy atom. The fraction of sp³-hybridized carbons (Fsp3) is 0.636. The van der Waals surface area contributed by atoms with E-state index in [1.54, 1.807) is 13.1 Å². The smallest absolute Gasteiger partial charge is 0.336 e. The highest BCUT2D eigenvalue weighted by atomic mass is 16.5. The highest BCUT2D eigenvalue weighted by Gasteiger charge is 2.52. The molecule has 2 aliphatic heterocycles. The summed E-state index contributed by atoms with van der Waals surface area (Å²) >= 11 is 0. The number of hydrogen-bond acceptors (Lipinski definition) is 6. The molecule has 3 heterocycles. The Hall–Kier alpha value is -2.28. The van der Waals surface area contributed by atoms with Gasteiger partial charge in [0.25, 0.3) is 0 Å². The zero-order valence-corrected chi connectivity index (χ0v) is 17.8. The van der Waals surface area contributed by atoms with E-state index in [1.165, 1.54) is 0 Å². The molecule has 1 aliphatic carbocycles. The van der Waals surface area contributed by atoms with Gasteiger partial charge in [-0.25, -0.2) is 4.79 Å². The molecule has 0 atom stereocenters. The first-order valence-electron chi connectivity index (χ1n) is 10.4. The van der Waals surface area contributed by atoms with Gasteiger partial charge < -0.3 is 9.64 Å². The van der Waals surface area contributed by atoms with Gasteiger partial charge in [0.1, 0.15) is 6.61 Å². The molecule has 4 rings (SSSR count). The van der Waals surface area contributed by atoms with Crippen LogP contribution in [-0.4, -0.2) is 57.4 Å². The molecule has 7 nitrogen and oxygen atoms in total. The predicted molar refractivity (Wildman–Crippen MR) is 108 cm³/mol. The molecular weight excluding hydrogens is 368 g/mol. The van der Waals surface area contributed by atoms with Gasteiger partial charge in [0.05, 0.1) is 28.1 Å². The van der Waals surface area contributed by atoms with Gasteiger partial charge >= 0.3 is 5.97 Å². The van der Waals surface area contributed by atoms with Crippen molar-refractivity contribution < 1.29 is 14.3 Å². The predicted octanol–water partition coefficient (Wildman–Crippen LogP) is 2.60. The minimum Gasteiger partial charge on any atom is -0.456 e. The zero-order valence-electron chi connectivity index (χ0n) is 17.8. The topological polar surface area (TPSA) is 75.6 Å². The second kappa shape index (κ2) is 7.20. The Morgan fingerprint density at radius 1 is 1.10 bits per heavy atom. The van der Waals surface area contributed by atoms with Gasteiger partial charge in [-0.2, -0.15) is 0 Å². The van der Waals surface area contributed by atoms with Crippen LogP contribution in [-0.2, 0) is 20.9 Å². The SMILES string of the molecule is CC1=C(N2CCC3(CCC(C)(N(C)Cc4cnc(C)cn4)CC3)C2=O)COC1=O. The van der Waals surface area contributed by atoms with Crippen molar-refractivity contribution in [1.82, 2.24) is 19.8 Å². The van der Waals surface area contributed by atoms with Crippen LogP contribution >= 0.6 is 0 Å². The first-order chi connectivity index (χ1) is 13.7. The number of carbonyl (C=O) groups excluding carboxylic acids is 2. The minimum absolute atomic E-state index is 0.0349. The lowest BCUT2D eigenvalue weighted by atomic mass is 9.66. The number of likely N-dealkylation sites (tertiary alicyclic amines) is 1. The van der Waals surface area contributed by atoms with Crippen molar-refractivity contribution in [2.24, 2.45) is 5.41 Å². The maximum atomic E-state index is 13.3. The van der Waals surface area contributed by atoms with Crippen molar-refractivity contribution in [2.75, 3.05) is 20.2 Å². The van der Waals surface area contributed by atoms with E-state index in [-0.39, 0.29) is 29.4 Å². The number of carbonyl (C=O) groups is 2. The number of amides is 1. The van der Waals surface area contributed by atoms with Crippen LogP contribution in [0.1, 0.15) is 57.3 Å². The number of hydrogen-bond donors (Lipinski definition) is 0. The van der Waals surface area contributed by atoms with Gasteiger partial charge in [-0.3, -0.25) is 19.7 Å². The normalized spacial score (nSPS) is 30.0. The third kappa shape index (κ3) is 3.45. The van der Waals surface area contributed by atoms with Gasteiger partial charge in [-0.1, -0.05) is 0 Å². The standard InChI is InChI=1S/C22H30N4O3/c1-15-11-24-17(12-23-15)13-25(4)21(3)5-7-22(8-6-21)9-10-26(20(22)28)18-14-29-19(27)16(18)2/h11-12H,5-10,13-14H2,1-4H3. The van der Waals surface area contributed by atoms with E-state index in [2.05, 4.69) is 28.8 Å². The van der Waals surface area contributed by atoms with Crippen LogP contribution in [0.5, 0.6) is 0 Å². The van der Waals surface area contributed by atoms with Crippen molar-refractivity contribution in [3.63, 3.8) is 0 Å². The van der Waals surface area contributed by atoms with Crippen LogP contribution in [0.3, 0.4) is 0 Å². The summed E-state index contributed by atoms with van der Waals surface area (Å²) in [4.78, 5) is 38.0. The monoisotopic (exact) mass is 398 g/mol. The number of rotatable bonds is 4. The molecule has 0 N–H and O–H groups in total. The average molecular weight is 399 g/mol. The Balaban J connectivity index is 1.42. The number of cyclic esters (lactones) is 1. The van der Waals surface area contributed by atoms with Gasteiger partial charge in [0.2, 0.25) is 5.91 Å². The molecule has 3 aliphatic rings. The number of aryl methyl sites for hydroxylation is 1. The van der Waals surface area contributed by atoms with Crippen LogP contribution < -0.4 is 0 Å². The van der Waals surface area contributed by atoms with E-state index >= 15 is 0 Å². The van der Waals surface area contributed by atoms with Crippen molar-refractivity contribution in [3.8, 4) is 0 Å². The third-order valence-electron chi connectivity index (χ3n) is 7.36. The Bertz CT molecular complexity index is 853. The molecule has 1 spiro atoms. The van der Waals surface area contributed by atoms with Crippen LogP contribution in [0.4, 0.5) is 0 Å². The minimum atomic E-state index is -0.300. The lowest BCUT2D eigenvalue weighted by molar-refractivity contribution is -0.139. The maximum Gasteiger partial charge on any atom is 0.336 e. The van der Waals surface area contributed by atoms with Gasteiger partial charge in [-0.05, 0) is 59.9 Å². The van der Waals surface area contributed by atoms with Gasteiger partial charge in [0.15, 0.2) is 0 Å². The second-order valence-corrected chi connectivity index (χ2v) is 9.14. The van der Waals surface area contributed by atoms with Crippen molar-refractivity contribution in [2.45, 2.75) is 65.0 Å². The van der Waals surface area contributed by atoms with E-state index in [9.17, 15) is 9.59 Å². The summed E-state index contributed by atoms with van der Waals surface area (Å²) in [5.74, 6) is -0.120. The Labute approximate surface area is 172 Å². The fourth-order valence-electron chi connectivity index (χ4n) is 4.87. The van der Waals surface area contributed by atoms with Crippen molar-refractivity contribution in [3.05, 3.63) is 35.1 Å². The summed E-state index contributed by atoms with van der Waals surface area (Å²) in [7, 11) is 2.14. The molecule has 1 aromatic rings. The molecule has 7 heteroatoms. The first kappa shape index (κ1) is 20.0. The maximum absolute atomic E-state index is 13.3. The number of esters is 1. The van der Waals surface area contributed by atoms with Crippen LogP contribution in [0.25, 0.3) is 0 Å². The molecule has 1 saturated heterocycles. The molecule has 1 amide bonds. The Morgan fingerprint density at radius 2 is 1.83 bits per heavy atom. The lowest BCUT2D eigenvalue weighted by Crippen LogP contribution is -2.50. The Kier molecular flexibility index (Phi) is 4.97. The van der Waals surface area contributed by atoms with Gasteiger partial charge in [-0.15, -0.1) is 0 Å². The van der Waals surface area contributed by atoms with Gasteiger partial charge in [0, 0.05) is 31.0 Å². The van der Waals surface area contributed by atoms with Crippen LogP contribution in [0.2, 0.25) is 0 Å². The molecule has 1 aromatic heterocycles. The number of nitrogens with zero attached hydrogens (tertiary/aromatic N) is 4. The summed E-state index contributed by atoms with van der Waals surface area (Å²) in [5, 5.41) is 0. The zero-order chi connectivity index (χ0) is 20.8. The highest BCUT2D eigenvalue weighted by Crippen LogP contribution is 2.50. The van der Waals surface area contributed by atoms with E-state index in [1.807, 2.05) is 18.0 Å². The largest absolute Gasteiger partial charge is 0.456 e. The molecule has 0 unspecified atom stereocenters. The molecule has 29 heavy (non-hydrogen) atoms. The summed E-state index contributed by atoms with van der Waals surface area (Å²) in [6.07, 6.45) is 8.21. The number of ether oxygens (including phenoxy) is 1. The summed E-state index contributed by atoms with van der Waals surface area (Å²) in [5.41, 5.74) is 2.98. The lowest BCUT2D eigenvalue weighted by Gasteiger charge is -2.47. The quantitative estimate of drug-likeness (QED) is 0.726. The van der Waals surface area contributed by atoms with Crippen molar-refractivity contribution in [1.29, 1.82) is 0 Å². The van der Waals surface area contributed by atoms with Crippen LogP contribution in [0, 0.1) is 12.3 Å². The van der Waals surface area contributed by atoms with Crippen molar-refractivity contribution >= 4 is 11.9 Å². The molecule has 0 radical (unpaired) electrons. The van der Waals surface area contributed by atoms with E-state index in [4.69, 9.17) is 4.74 Å². The summed E-state index contributed by atoms with van der Waals surface area (Å²) in [6.45, 7) is 7.65. The third-order valence-corrected chi connectivity index (χ3v) is 7.36. The van der Waals surface area contributed by atoms with E-state index < -0.39 is 0 Å². The van der Waals surface area contributed by atoms with Crippen LogP contribution in [0.15, 0.2) is 23.7 Å². The molecule has 156 valence electrons. The average Bonchev–Trinajstić information content (AvgIpc) is 3.20. The second-order valence-electron chi connectivity index (χ2n) is 9.14. The molecule has 0 aromatic carbocycles.